The van der Waals surface area contributed by atoms with Gasteiger partial charge in [-0.05, 0) is 19.4 Å². The van der Waals surface area contributed by atoms with Crippen LogP contribution in [0.15, 0.2) is 23.2 Å². The van der Waals surface area contributed by atoms with E-state index in [2.05, 4.69) is 4.98 Å². The summed E-state index contributed by atoms with van der Waals surface area (Å²) in [4.78, 5) is 16.0. The molecule has 0 aliphatic carbocycles. The van der Waals surface area contributed by atoms with Gasteiger partial charge in [-0.25, -0.2) is 4.98 Å². The van der Waals surface area contributed by atoms with E-state index in [1.165, 1.54) is 0 Å². The Morgan fingerprint density at radius 1 is 1.47 bits per heavy atom. The second-order valence-corrected chi connectivity index (χ2v) is 3.57. The van der Waals surface area contributed by atoms with Gasteiger partial charge in [0, 0.05) is 7.05 Å². The van der Waals surface area contributed by atoms with Crippen molar-refractivity contribution in [3.63, 3.8) is 0 Å². The van der Waals surface area contributed by atoms with Gasteiger partial charge in [0.05, 0.1) is 24.4 Å². The molecule has 78 valence electrons. The lowest BCUT2D eigenvalue weighted by Crippen LogP contribution is -2.08. The molecule has 0 saturated carbocycles. The van der Waals surface area contributed by atoms with Crippen molar-refractivity contribution in [1.82, 2.24) is 9.55 Å². The van der Waals surface area contributed by atoms with Crippen LogP contribution in [-0.4, -0.2) is 15.3 Å². The van der Waals surface area contributed by atoms with Crippen molar-refractivity contribution in [1.29, 1.82) is 0 Å². The topological polar surface area (TPSA) is 48.0 Å². The molecule has 0 atom stereocenters. The SMILES string of the molecule is Cc1coc(C)c1C(=O)c1cncn1C. The van der Waals surface area contributed by atoms with Crippen molar-refractivity contribution in [2.45, 2.75) is 13.8 Å². The highest BCUT2D eigenvalue weighted by atomic mass is 16.3. The zero-order chi connectivity index (χ0) is 11.0. The molecule has 4 nitrogen and oxygen atoms in total. The summed E-state index contributed by atoms with van der Waals surface area (Å²) in [5, 5.41) is 0. The molecule has 2 heterocycles. The summed E-state index contributed by atoms with van der Waals surface area (Å²) in [6, 6.07) is 0. The molecular weight excluding hydrogens is 192 g/mol. The molecule has 0 unspecified atom stereocenters. The van der Waals surface area contributed by atoms with Crippen molar-refractivity contribution < 1.29 is 9.21 Å². The Morgan fingerprint density at radius 2 is 2.20 bits per heavy atom. The zero-order valence-corrected chi connectivity index (χ0v) is 8.94. The second kappa shape index (κ2) is 3.38. The van der Waals surface area contributed by atoms with E-state index >= 15 is 0 Å². The average Bonchev–Trinajstić information content (AvgIpc) is 2.73. The molecule has 0 bridgehead atoms. The Labute approximate surface area is 87.5 Å². The quantitative estimate of drug-likeness (QED) is 0.701. The lowest BCUT2D eigenvalue weighted by atomic mass is 10.1. The number of rotatable bonds is 2. The van der Waals surface area contributed by atoms with Crippen LogP contribution in [-0.2, 0) is 7.05 Å². The van der Waals surface area contributed by atoms with E-state index in [-0.39, 0.29) is 5.78 Å². The van der Waals surface area contributed by atoms with E-state index in [1.54, 1.807) is 37.3 Å². The highest BCUT2D eigenvalue weighted by Crippen LogP contribution is 2.19. The minimum atomic E-state index is -0.0428. The maximum Gasteiger partial charge on any atom is 0.214 e. The first-order chi connectivity index (χ1) is 7.11. The molecule has 0 aliphatic rings. The number of furan rings is 1. The van der Waals surface area contributed by atoms with Crippen LogP contribution in [0.1, 0.15) is 27.4 Å². The van der Waals surface area contributed by atoms with Crippen molar-refractivity contribution in [3.05, 3.63) is 41.4 Å². The smallest absolute Gasteiger partial charge is 0.214 e. The van der Waals surface area contributed by atoms with Gasteiger partial charge in [-0.2, -0.15) is 0 Å². The van der Waals surface area contributed by atoms with Crippen LogP contribution in [0.3, 0.4) is 0 Å². The van der Waals surface area contributed by atoms with Crippen molar-refractivity contribution in [3.8, 4) is 0 Å². The van der Waals surface area contributed by atoms with Crippen LogP contribution in [0.4, 0.5) is 0 Å². The lowest BCUT2D eigenvalue weighted by molar-refractivity contribution is 0.102. The van der Waals surface area contributed by atoms with Gasteiger partial charge in [0.25, 0.3) is 0 Å². The fraction of sp³-hybridized carbons (Fsp3) is 0.273. The number of aryl methyl sites for hydroxylation is 3. The molecule has 2 rings (SSSR count). The molecule has 15 heavy (non-hydrogen) atoms. The molecule has 4 heteroatoms. The van der Waals surface area contributed by atoms with Gasteiger partial charge < -0.3 is 8.98 Å². The number of imidazole rings is 1. The summed E-state index contributed by atoms with van der Waals surface area (Å²) >= 11 is 0. The van der Waals surface area contributed by atoms with E-state index in [4.69, 9.17) is 4.42 Å². The molecule has 2 aromatic rings. The number of aromatic nitrogens is 2. The Kier molecular flexibility index (Phi) is 2.19. The first kappa shape index (κ1) is 9.71. The standard InChI is InChI=1S/C11H12N2O2/c1-7-5-15-8(2)10(7)11(14)9-4-12-6-13(9)3/h4-6H,1-3H3. The number of hydrogen-bond donors (Lipinski definition) is 0. The van der Waals surface area contributed by atoms with Crippen LogP contribution in [0.25, 0.3) is 0 Å². The van der Waals surface area contributed by atoms with Gasteiger partial charge in [-0.15, -0.1) is 0 Å². The highest BCUT2D eigenvalue weighted by Gasteiger charge is 2.19. The molecular formula is C11H12N2O2. The van der Waals surface area contributed by atoms with Crippen LogP contribution in [0.5, 0.6) is 0 Å². The molecule has 0 aliphatic heterocycles. The Bertz CT molecular complexity index is 489. The zero-order valence-electron chi connectivity index (χ0n) is 8.94. The Hall–Kier alpha value is -1.84. The number of nitrogens with zero attached hydrogens (tertiary/aromatic N) is 2. The summed E-state index contributed by atoms with van der Waals surface area (Å²) in [7, 11) is 1.80. The summed E-state index contributed by atoms with van der Waals surface area (Å²) in [5.41, 5.74) is 2.07. The summed E-state index contributed by atoms with van der Waals surface area (Å²) in [5.74, 6) is 0.609. The number of ketones is 1. The maximum atomic E-state index is 12.1. The van der Waals surface area contributed by atoms with Gasteiger partial charge >= 0.3 is 0 Å². The second-order valence-electron chi connectivity index (χ2n) is 3.57. The summed E-state index contributed by atoms with van der Waals surface area (Å²) < 4.78 is 6.91. The van der Waals surface area contributed by atoms with E-state index in [0.717, 1.165) is 5.56 Å². The van der Waals surface area contributed by atoms with Gasteiger partial charge in [0.1, 0.15) is 11.5 Å². The Balaban J connectivity index is 2.50. The monoisotopic (exact) mass is 204 g/mol. The van der Waals surface area contributed by atoms with Crippen LogP contribution in [0, 0.1) is 13.8 Å². The van der Waals surface area contributed by atoms with Gasteiger partial charge in [-0.1, -0.05) is 0 Å². The van der Waals surface area contributed by atoms with E-state index in [1.807, 2.05) is 6.92 Å². The predicted octanol–water partition coefficient (Wildman–Crippen LogP) is 1.86. The number of carbonyl (C=O) groups excluding carboxylic acids is 1. The predicted molar refractivity (Wildman–Crippen MR) is 54.8 cm³/mol. The van der Waals surface area contributed by atoms with Gasteiger partial charge in [0.15, 0.2) is 0 Å². The molecule has 0 saturated heterocycles. The van der Waals surface area contributed by atoms with Crippen molar-refractivity contribution in [2.24, 2.45) is 7.05 Å². The molecule has 0 aromatic carbocycles. The van der Waals surface area contributed by atoms with Crippen LogP contribution >= 0.6 is 0 Å². The maximum absolute atomic E-state index is 12.1. The lowest BCUT2D eigenvalue weighted by Gasteiger charge is -2.01. The third-order valence-electron chi connectivity index (χ3n) is 2.44. The third-order valence-corrected chi connectivity index (χ3v) is 2.44. The van der Waals surface area contributed by atoms with Gasteiger partial charge in [0.2, 0.25) is 5.78 Å². The third kappa shape index (κ3) is 1.48. The van der Waals surface area contributed by atoms with Crippen LogP contribution in [0.2, 0.25) is 0 Å². The fourth-order valence-corrected chi connectivity index (χ4v) is 1.62. The fourth-order valence-electron chi connectivity index (χ4n) is 1.62. The molecule has 0 fully saturated rings. The van der Waals surface area contributed by atoms with E-state index in [0.29, 0.717) is 17.0 Å². The minimum Gasteiger partial charge on any atom is -0.469 e. The largest absolute Gasteiger partial charge is 0.469 e. The highest BCUT2D eigenvalue weighted by molar-refractivity contribution is 6.09. The number of carbonyl (C=O) groups is 1. The van der Waals surface area contributed by atoms with Crippen molar-refractivity contribution in [2.75, 3.05) is 0 Å². The molecule has 0 spiro atoms. The summed E-state index contributed by atoms with van der Waals surface area (Å²) in [6.07, 6.45) is 4.77. The number of hydrogen-bond acceptors (Lipinski definition) is 3. The van der Waals surface area contributed by atoms with Crippen molar-refractivity contribution >= 4 is 5.78 Å². The van der Waals surface area contributed by atoms with E-state index < -0.39 is 0 Å². The van der Waals surface area contributed by atoms with E-state index in [9.17, 15) is 4.79 Å². The molecule has 2 aromatic heterocycles. The first-order valence-electron chi connectivity index (χ1n) is 4.67. The first-order valence-corrected chi connectivity index (χ1v) is 4.67. The molecule has 0 amide bonds. The van der Waals surface area contributed by atoms with Crippen LogP contribution < -0.4 is 0 Å². The Morgan fingerprint density at radius 3 is 2.67 bits per heavy atom. The van der Waals surface area contributed by atoms with Gasteiger partial charge in [-0.3, -0.25) is 4.79 Å². The molecule has 0 radical (unpaired) electrons. The molecule has 0 N–H and O–H groups in total. The minimum absolute atomic E-state index is 0.0428. The average molecular weight is 204 g/mol. The normalized spacial score (nSPS) is 10.6. The summed E-state index contributed by atoms with van der Waals surface area (Å²) in [6.45, 7) is 3.65.